The smallest absolute Gasteiger partial charge is 0.335 e. The first-order valence-corrected chi connectivity index (χ1v) is 3.78. The SMILES string of the molecule is COC1=C([N+](=O)[O-])C=C([N+](=O)[O-])C(N)N1. The van der Waals surface area contributed by atoms with Gasteiger partial charge in [-0.25, -0.2) is 0 Å². The van der Waals surface area contributed by atoms with Gasteiger partial charge in [-0.15, -0.1) is 0 Å². The molecule has 0 radical (unpaired) electrons. The van der Waals surface area contributed by atoms with E-state index < -0.39 is 27.4 Å². The van der Waals surface area contributed by atoms with Crippen LogP contribution in [-0.2, 0) is 4.74 Å². The van der Waals surface area contributed by atoms with Crippen LogP contribution in [0.5, 0.6) is 0 Å². The molecule has 0 amide bonds. The molecule has 9 nitrogen and oxygen atoms in total. The molecular formula is C6H8N4O5. The molecule has 0 saturated heterocycles. The zero-order valence-electron chi connectivity index (χ0n) is 7.67. The van der Waals surface area contributed by atoms with Gasteiger partial charge in [0.25, 0.3) is 11.6 Å². The van der Waals surface area contributed by atoms with Crippen LogP contribution >= 0.6 is 0 Å². The van der Waals surface area contributed by atoms with Crippen LogP contribution < -0.4 is 11.1 Å². The van der Waals surface area contributed by atoms with Crippen molar-refractivity contribution < 1.29 is 14.6 Å². The third kappa shape index (κ3) is 2.02. The summed E-state index contributed by atoms with van der Waals surface area (Å²) in [5.74, 6) is -0.196. The predicted molar refractivity (Wildman–Crippen MR) is 47.2 cm³/mol. The molecule has 9 heteroatoms. The predicted octanol–water partition coefficient (Wildman–Crippen LogP) is -0.873. The van der Waals surface area contributed by atoms with E-state index in [-0.39, 0.29) is 5.88 Å². The van der Waals surface area contributed by atoms with Crippen LogP contribution in [0.3, 0.4) is 0 Å². The van der Waals surface area contributed by atoms with Gasteiger partial charge in [-0.2, -0.15) is 0 Å². The number of hydrogen-bond acceptors (Lipinski definition) is 7. The van der Waals surface area contributed by atoms with Crippen molar-refractivity contribution in [1.82, 2.24) is 5.32 Å². The number of dihydropyridines is 1. The Bertz CT molecular complexity index is 374. The van der Waals surface area contributed by atoms with Gasteiger partial charge in [0.15, 0.2) is 6.17 Å². The van der Waals surface area contributed by atoms with Crippen molar-refractivity contribution in [3.8, 4) is 0 Å². The summed E-state index contributed by atoms with van der Waals surface area (Å²) in [6.07, 6.45) is -0.348. The summed E-state index contributed by atoms with van der Waals surface area (Å²) < 4.78 is 4.64. The van der Waals surface area contributed by atoms with Crippen molar-refractivity contribution in [2.75, 3.05) is 7.11 Å². The van der Waals surface area contributed by atoms with E-state index in [1.54, 1.807) is 0 Å². The van der Waals surface area contributed by atoms with Crippen LogP contribution in [0.15, 0.2) is 23.4 Å². The van der Waals surface area contributed by atoms with Gasteiger partial charge in [-0.05, 0) is 0 Å². The molecule has 0 aromatic rings. The van der Waals surface area contributed by atoms with Crippen LogP contribution in [0.25, 0.3) is 0 Å². The molecule has 1 heterocycles. The Morgan fingerprint density at radius 1 is 1.47 bits per heavy atom. The molecule has 0 bridgehead atoms. The fraction of sp³-hybridized carbons (Fsp3) is 0.333. The second kappa shape index (κ2) is 3.92. The Balaban J connectivity index is 3.19. The lowest BCUT2D eigenvalue weighted by atomic mass is 10.2. The highest BCUT2D eigenvalue weighted by molar-refractivity contribution is 5.24. The molecular weight excluding hydrogens is 208 g/mol. The first-order valence-electron chi connectivity index (χ1n) is 3.78. The summed E-state index contributed by atoms with van der Waals surface area (Å²) in [6.45, 7) is 0. The highest BCUT2D eigenvalue weighted by Crippen LogP contribution is 2.16. The van der Waals surface area contributed by atoms with Gasteiger partial charge < -0.3 is 15.8 Å². The van der Waals surface area contributed by atoms with Gasteiger partial charge in [0.2, 0.25) is 0 Å². The Morgan fingerprint density at radius 3 is 2.47 bits per heavy atom. The third-order valence-electron chi connectivity index (χ3n) is 1.73. The van der Waals surface area contributed by atoms with Crippen molar-refractivity contribution >= 4 is 0 Å². The zero-order valence-corrected chi connectivity index (χ0v) is 7.67. The van der Waals surface area contributed by atoms with E-state index in [9.17, 15) is 20.2 Å². The number of allylic oxidation sites excluding steroid dienone is 1. The molecule has 1 aliphatic heterocycles. The van der Waals surface area contributed by atoms with Crippen LogP contribution in [0.1, 0.15) is 0 Å². The van der Waals surface area contributed by atoms with Crippen LogP contribution in [0.2, 0.25) is 0 Å². The van der Waals surface area contributed by atoms with Crippen molar-refractivity contribution in [2.24, 2.45) is 5.73 Å². The molecule has 1 atom stereocenters. The van der Waals surface area contributed by atoms with E-state index >= 15 is 0 Å². The van der Waals surface area contributed by atoms with E-state index in [1.165, 1.54) is 7.11 Å². The zero-order chi connectivity index (χ0) is 11.6. The third-order valence-corrected chi connectivity index (χ3v) is 1.73. The Morgan fingerprint density at radius 2 is 2.07 bits per heavy atom. The van der Waals surface area contributed by atoms with Gasteiger partial charge in [0, 0.05) is 0 Å². The van der Waals surface area contributed by atoms with Crippen molar-refractivity contribution in [1.29, 1.82) is 0 Å². The van der Waals surface area contributed by atoms with Gasteiger partial charge in [0.1, 0.15) is 0 Å². The van der Waals surface area contributed by atoms with Crippen molar-refractivity contribution in [3.05, 3.63) is 43.6 Å². The lowest BCUT2D eigenvalue weighted by Gasteiger charge is -2.17. The van der Waals surface area contributed by atoms with Gasteiger partial charge in [-0.1, -0.05) is 0 Å². The first-order chi connectivity index (χ1) is 6.97. The van der Waals surface area contributed by atoms with E-state index in [2.05, 4.69) is 10.1 Å². The number of nitrogens with two attached hydrogens (primary N) is 1. The lowest BCUT2D eigenvalue weighted by molar-refractivity contribution is -0.442. The minimum Gasteiger partial charge on any atom is -0.478 e. The molecule has 15 heavy (non-hydrogen) atoms. The summed E-state index contributed by atoms with van der Waals surface area (Å²) in [5, 5.41) is 23.3. The van der Waals surface area contributed by atoms with Crippen molar-refractivity contribution in [3.63, 3.8) is 0 Å². The Hall–Kier alpha value is -2.16. The standard InChI is InChI=1S/C6H8N4O5/c1-15-6-4(10(13)14)2-3(9(11)12)5(7)8-6/h2,5,8H,7H2,1H3. The second-order valence-electron chi connectivity index (χ2n) is 2.62. The average Bonchev–Trinajstić information content (AvgIpc) is 2.16. The van der Waals surface area contributed by atoms with Crippen LogP contribution in [-0.4, -0.2) is 23.1 Å². The molecule has 1 unspecified atom stereocenters. The topological polar surface area (TPSA) is 134 Å². The van der Waals surface area contributed by atoms with E-state index in [4.69, 9.17) is 5.73 Å². The molecule has 0 aliphatic carbocycles. The Labute approximate surface area is 83.5 Å². The first kappa shape index (κ1) is 10.9. The lowest BCUT2D eigenvalue weighted by Crippen LogP contribution is -2.44. The largest absolute Gasteiger partial charge is 0.478 e. The highest BCUT2D eigenvalue weighted by atomic mass is 16.6. The van der Waals surface area contributed by atoms with E-state index in [0.717, 1.165) is 6.08 Å². The minimum atomic E-state index is -1.13. The minimum absolute atomic E-state index is 0.196. The normalized spacial score (nSPS) is 20.4. The van der Waals surface area contributed by atoms with Crippen LogP contribution in [0.4, 0.5) is 0 Å². The van der Waals surface area contributed by atoms with Gasteiger partial charge in [-0.3, -0.25) is 20.2 Å². The summed E-state index contributed by atoms with van der Waals surface area (Å²) in [6, 6.07) is 0. The molecule has 82 valence electrons. The molecule has 0 aromatic heterocycles. The monoisotopic (exact) mass is 216 g/mol. The summed E-state index contributed by atoms with van der Waals surface area (Å²) in [4.78, 5) is 19.4. The number of nitro groups is 2. The highest BCUT2D eigenvalue weighted by Gasteiger charge is 2.34. The number of methoxy groups -OCH3 is 1. The summed E-state index contributed by atoms with van der Waals surface area (Å²) >= 11 is 0. The maximum atomic E-state index is 10.5. The summed E-state index contributed by atoms with van der Waals surface area (Å²) in [7, 11) is 1.20. The maximum absolute atomic E-state index is 10.5. The number of nitrogens with one attached hydrogen (secondary N) is 1. The fourth-order valence-electron chi connectivity index (χ4n) is 1.05. The number of hydrogen-bond donors (Lipinski definition) is 2. The molecule has 1 aliphatic rings. The van der Waals surface area contributed by atoms with E-state index in [0.29, 0.717) is 0 Å². The molecule has 0 aromatic carbocycles. The number of rotatable bonds is 3. The molecule has 0 spiro atoms. The summed E-state index contributed by atoms with van der Waals surface area (Å²) in [5.41, 5.74) is 4.34. The van der Waals surface area contributed by atoms with Gasteiger partial charge in [0.05, 0.1) is 23.0 Å². The van der Waals surface area contributed by atoms with Crippen LogP contribution in [0, 0.1) is 20.2 Å². The quantitative estimate of drug-likeness (QED) is 0.462. The molecule has 0 fully saturated rings. The number of nitrogens with zero attached hydrogens (tertiary/aromatic N) is 2. The average molecular weight is 216 g/mol. The number of ether oxygens (including phenoxy) is 1. The fourth-order valence-corrected chi connectivity index (χ4v) is 1.05. The molecule has 1 rings (SSSR count). The maximum Gasteiger partial charge on any atom is 0.335 e. The molecule has 3 N–H and O–H groups in total. The second-order valence-corrected chi connectivity index (χ2v) is 2.62. The van der Waals surface area contributed by atoms with E-state index in [1.807, 2.05) is 0 Å². The molecule has 0 saturated carbocycles. The Kier molecular flexibility index (Phi) is 2.85. The van der Waals surface area contributed by atoms with Crippen molar-refractivity contribution in [2.45, 2.75) is 6.17 Å². The van der Waals surface area contributed by atoms with Gasteiger partial charge >= 0.3 is 5.70 Å².